The molecule has 6 nitrogen and oxygen atoms in total. The van der Waals surface area contributed by atoms with E-state index in [9.17, 15) is 14.4 Å². The van der Waals surface area contributed by atoms with Crippen molar-refractivity contribution in [3.8, 4) is 0 Å². The predicted octanol–water partition coefficient (Wildman–Crippen LogP) is 1.91. The molecule has 0 fully saturated rings. The smallest absolute Gasteiger partial charge is 0.327 e. The number of fused-ring (bicyclic) bond motifs is 1. The quantitative estimate of drug-likeness (QED) is 0.766. The highest BCUT2D eigenvalue weighted by atomic mass is 16.2. The van der Waals surface area contributed by atoms with Crippen LogP contribution in [0.5, 0.6) is 0 Å². The van der Waals surface area contributed by atoms with Gasteiger partial charge in [-0.1, -0.05) is 33.1 Å². The van der Waals surface area contributed by atoms with E-state index >= 15 is 0 Å². The molecule has 0 saturated carbocycles. The largest absolute Gasteiger partial charge is 0.331 e. The number of nitrogens with one attached hydrogen (secondary N) is 2. The van der Waals surface area contributed by atoms with Crippen molar-refractivity contribution >= 4 is 11.0 Å². The Bertz CT molecular complexity index is 814. The number of hydrogen-bond donors (Lipinski definition) is 2. The number of nitrogens with zero attached hydrogens (tertiary/aromatic N) is 1. The van der Waals surface area contributed by atoms with E-state index < -0.39 is 11.2 Å². The summed E-state index contributed by atoms with van der Waals surface area (Å²) in [5.74, 6) is 0. The average molecular weight is 305 g/mol. The van der Waals surface area contributed by atoms with E-state index in [1.54, 1.807) is 6.07 Å². The number of H-pyrrole nitrogens is 2. The minimum absolute atomic E-state index is 0.0370. The Kier molecular flexibility index (Phi) is 5.35. The summed E-state index contributed by atoms with van der Waals surface area (Å²) in [4.78, 5) is 40.5. The van der Waals surface area contributed by atoms with Gasteiger partial charge in [0.2, 0.25) is 0 Å². The van der Waals surface area contributed by atoms with Crippen molar-refractivity contribution < 1.29 is 0 Å². The van der Waals surface area contributed by atoms with Gasteiger partial charge in [0, 0.05) is 18.3 Å². The molecule has 0 amide bonds. The van der Waals surface area contributed by atoms with E-state index in [4.69, 9.17) is 0 Å². The van der Waals surface area contributed by atoms with E-state index in [0.29, 0.717) is 12.2 Å². The first-order valence-corrected chi connectivity index (χ1v) is 7.97. The van der Waals surface area contributed by atoms with Gasteiger partial charge in [0.25, 0.3) is 5.56 Å². The molecule has 0 radical (unpaired) electrons. The minimum atomic E-state index is -0.617. The van der Waals surface area contributed by atoms with E-state index in [2.05, 4.69) is 23.8 Å². The summed E-state index contributed by atoms with van der Waals surface area (Å²) >= 11 is 0. The van der Waals surface area contributed by atoms with Gasteiger partial charge in [-0.2, -0.15) is 0 Å². The molecule has 2 aromatic heterocycles. The molecule has 0 aliphatic carbocycles. The second-order valence-corrected chi connectivity index (χ2v) is 5.59. The lowest BCUT2D eigenvalue weighted by molar-refractivity contribution is 0.597. The molecule has 6 heteroatoms. The first-order valence-electron chi connectivity index (χ1n) is 7.97. The first-order chi connectivity index (χ1) is 10.6. The Balaban J connectivity index is 2.65. The normalized spacial score (nSPS) is 11.2. The number of aromatic amines is 2. The van der Waals surface area contributed by atoms with Crippen molar-refractivity contribution in [2.45, 2.75) is 58.9 Å². The highest BCUT2D eigenvalue weighted by Crippen LogP contribution is 2.12. The second kappa shape index (κ2) is 7.24. The highest BCUT2D eigenvalue weighted by molar-refractivity contribution is 5.73. The summed E-state index contributed by atoms with van der Waals surface area (Å²) in [5, 5.41) is 0.0370. The van der Waals surface area contributed by atoms with Crippen LogP contribution >= 0.6 is 0 Å². The summed E-state index contributed by atoms with van der Waals surface area (Å²) in [6, 6.07) is 1.54. The van der Waals surface area contributed by atoms with Crippen LogP contribution < -0.4 is 16.7 Å². The maximum atomic E-state index is 12.2. The third-order valence-corrected chi connectivity index (χ3v) is 3.86. The molecule has 2 aromatic rings. The molecule has 0 saturated heterocycles. The topological polar surface area (TPSA) is 87.7 Å². The number of pyridine rings is 1. The molecule has 0 unspecified atom stereocenters. The minimum Gasteiger partial charge on any atom is -0.331 e. The predicted molar refractivity (Wildman–Crippen MR) is 87.6 cm³/mol. The summed E-state index contributed by atoms with van der Waals surface area (Å²) in [7, 11) is 0. The van der Waals surface area contributed by atoms with Crippen LogP contribution in [0.3, 0.4) is 0 Å². The monoisotopic (exact) mass is 305 g/mol. The third kappa shape index (κ3) is 3.37. The van der Waals surface area contributed by atoms with Crippen molar-refractivity contribution in [3.63, 3.8) is 0 Å². The maximum Gasteiger partial charge on any atom is 0.327 e. The van der Waals surface area contributed by atoms with E-state index in [1.165, 1.54) is 0 Å². The van der Waals surface area contributed by atoms with Gasteiger partial charge < -0.3 is 4.57 Å². The molecular weight excluding hydrogens is 282 g/mol. The fraction of sp³-hybridized carbons (Fsp3) is 0.562. The van der Waals surface area contributed by atoms with E-state index in [-0.39, 0.29) is 10.8 Å². The number of aryl methyl sites for hydroxylation is 2. The van der Waals surface area contributed by atoms with Crippen LogP contribution in [0.25, 0.3) is 11.0 Å². The number of unbranched alkanes of at least 4 members (excludes halogenated alkanes) is 3. The van der Waals surface area contributed by atoms with Gasteiger partial charge in [0.1, 0.15) is 11.0 Å². The van der Waals surface area contributed by atoms with Gasteiger partial charge in [-0.3, -0.25) is 19.6 Å². The summed E-state index contributed by atoms with van der Waals surface area (Å²) in [5.41, 5.74) is -0.282. The zero-order valence-corrected chi connectivity index (χ0v) is 13.2. The Labute approximate surface area is 128 Å². The zero-order chi connectivity index (χ0) is 16.1. The molecule has 120 valence electrons. The summed E-state index contributed by atoms with van der Waals surface area (Å²) < 4.78 is 1.92. The lowest BCUT2D eigenvalue weighted by Gasteiger charge is -2.15. The average Bonchev–Trinajstić information content (AvgIpc) is 2.46. The molecule has 22 heavy (non-hydrogen) atoms. The van der Waals surface area contributed by atoms with Gasteiger partial charge in [-0.15, -0.1) is 0 Å². The van der Waals surface area contributed by atoms with Crippen LogP contribution in [0.15, 0.2) is 20.4 Å². The van der Waals surface area contributed by atoms with Crippen LogP contribution in [-0.2, 0) is 13.0 Å². The van der Waals surface area contributed by atoms with Gasteiger partial charge in [0.15, 0.2) is 5.43 Å². The number of hydrogen-bond acceptors (Lipinski definition) is 3. The Hall–Kier alpha value is -2.11. The number of rotatable bonds is 7. The van der Waals surface area contributed by atoms with Crippen molar-refractivity contribution in [2.24, 2.45) is 0 Å². The third-order valence-electron chi connectivity index (χ3n) is 3.86. The summed E-state index contributed by atoms with van der Waals surface area (Å²) in [6.07, 6.45) is 5.87. The van der Waals surface area contributed by atoms with Gasteiger partial charge >= 0.3 is 5.69 Å². The standard InChI is InChI=1S/C16H23N3O3/c1-3-5-7-8-11-10-12(20)13-14(19(11)9-6-4-2)17-16(22)18-15(13)21/h10H,3-9H2,1-2H3,(H2,17,18,21,22). The Morgan fingerprint density at radius 2 is 1.73 bits per heavy atom. The van der Waals surface area contributed by atoms with Crippen molar-refractivity contribution in [1.82, 2.24) is 14.5 Å². The molecule has 0 aliphatic rings. The van der Waals surface area contributed by atoms with Crippen LogP contribution in [0.1, 0.15) is 51.6 Å². The lowest BCUT2D eigenvalue weighted by Crippen LogP contribution is -2.29. The van der Waals surface area contributed by atoms with Crippen molar-refractivity contribution in [1.29, 1.82) is 0 Å². The van der Waals surface area contributed by atoms with Gasteiger partial charge in [0.05, 0.1) is 0 Å². The highest BCUT2D eigenvalue weighted by Gasteiger charge is 2.13. The molecule has 0 aromatic carbocycles. The van der Waals surface area contributed by atoms with Gasteiger partial charge in [-0.25, -0.2) is 4.79 Å². The van der Waals surface area contributed by atoms with Crippen LogP contribution in [0.4, 0.5) is 0 Å². The SMILES string of the molecule is CCCCCc1cc(=O)c2c(=O)[nH]c(=O)[nH]c2n1CCCC. The fourth-order valence-corrected chi connectivity index (χ4v) is 2.69. The Morgan fingerprint density at radius 3 is 2.41 bits per heavy atom. The van der Waals surface area contributed by atoms with Crippen LogP contribution in [0.2, 0.25) is 0 Å². The van der Waals surface area contributed by atoms with Crippen LogP contribution in [0, 0.1) is 0 Å². The molecule has 0 atom stereocenters. The molecule has 2 N–H and O–H groups in total. The molecule has 0 aliphatic heterocycles. The van der Waals surface area contributed by atoms with Crippen molar-refractivity contribution in [3.05, 3.63) is 42.8 Å². The first kappa shape index (κ1) is 16.3. The van der Waals surface area contributed by atoms with Crippen molar-refractivity contribution in [2.75, 3.05) is 0 Å². The molecular formula is C16H23N3O3. The Morgan fingerprint density at radius 1 is 1.00 bits per heavy atom. The van der Waals surface area contributed by atoms with Crippen LogP contribution in [-0.4, -0.2) is 14.5 Å². The summed E-state index contributed by atoms with van der Waals surface area (Å²) in [6.45, 7) is 4.90. The lowest BCUT2D eigenvalue weighted by atomic mass is 10.1. The molecule has 0 bridgehead atoms. The second-order valence-electron chi connectivity index (χ2n) is 5.59. The molecule has 0 spiro atoms. The molecule has 2 rings (SSSR count). The molecule has 2 heterocycles. The van der Waals surface area contributed by atoms with Gasteiger partial charge in [-0.05, 0) is 19.3 Å². The van der Waals surface area contributed by atoms with E-state index in [0.717, 1.165) is 44.2 Å². The zero-order valence-electron chi connectivity index (χ0n) is 13.2. The number of aromatic nitrogens is 3. The fourth-order valence-electron chi connectivity index (χ4n) is 2.69. The van der Waals surface area contributed by atoms with E-state index in [1.807, 2.05) is 4.57 Å². The maximum absolute atomic E-state index is 12.2.